The molecule has 0 saturated heterocycles. The highest BCUT2D eigenvalue weighted by Crippen LogP contribution is 2.20. The number of alkyl halides is 1. The molecule has 0 fully saturated rings. The molecule has 4 nitrogen and oxygen atoms in total. The third-order valence-corrected chi connectivity index (χ3v) is 2.65. The second-order valence-electron chi connectivity index (χ2n) is 3.57. The van der Waals surface area contributed by atoms with Crippen molar-refractivity contribution < 1.29 is 14.6 Å². The number of hydrogen-bond acceptors (Lipinski definition) is 3. The number of phenols is 1. The van der Waals surface area contributed by atoms with Gasteiger partial charge in [0, 0.05) is 19.0 Å². The minimum Gasteiger partial charge on any atom is -0.508 e. The Kier molecular flexibility index (Phi) is 6.86. The summed E-state index contributed by atoms with van der Waals surface area (Å²) in [4.78, 5) is 11.7. The molecule has 1 aromatic carbocycles. The van der Waals surface area contributed by atoms with Crippen molar-refractivity contribution in [2.24, 2.45) is 0 Å². The second kappa shape index (κ2) is 8.19. The molecule has 1 rings (SSSR count). The molecule has 1 aromatic rings. The normalized spacial score (nSPS) is 10.3. The molecule has 0 bridgehead atoms. The summed E-state index contributed by atoms with van der Waals surface area (Å²) in [5.74, 6) is 0.161. The van der Waals surface area contributed by atoms with E-state index >= 15 is 0 Å². The second-order valence-corrected chi connectivity index (χ2v) is 4.36. The van der Waals surface area contributed by atoms with Crippen molar-refractivity contribution in [3.05, 3.63) is 28.8 Å². The minimum atomic E-state index is -0.312. The van der Waals surface area contributed by atoms with Crippen LogP contribution in [0.15, 0.2) is 18.2 Å². The third kappa shape index (κ3) is 5.12. The van der Waals surface area contributed by atoms with Crippen LogP contribution in [-0.4, -0.2) is 36.7 Å². The van der Waals surface area contributed by atoms with Crippen LogP contribution in [-0.2, 0) is 4.74 Å². The zero-order valence-electron chi connectivity index (χ0n) is 9.79. The lowest BCUT2D eigenvalue weighted by molar-refractivity contribution is 0.0944. The summed E-state index contributed by atoms with van der Waals surface area (Å²) in [6.07, 6.45) is 0.694. The Hall–Kier alpha value is -0.970. The van der Waals surface area contributed by atoms with E-state index in [2.05, 4.69) is 5.32 Å². The Morgan fingerprint density at radius 3 is 2.89 bits per heavy atom. The lowest BCUT2D eigenvalue weighted by Crippen LogP contribution is -2.25. The summed E-state index contributed by atoms with van der Waals surface area (Å²) in [7, 11) is 0. The quantitative estimate of drug-likeness (QED) is 0.599. The van der Waals surface area contributed by atoms with E-state index in [1.165, 1.54) is 18.2 Å². The fourth-order valence-corrected chi connectivity index (χ4v) is 1.63. The van der Waals surface area contributed by atoms with Gasteiger partial charge in [0.05, 0.1) is 17.2 Å². The van der Waals surface area contributed by atoms with Crippen molar-refractivity contribution in [1.82, 2.24) is 5.32 Å². The van der Waals surface area contributed by atoms with Gasteiger partial charge in [-0.05, 0) is 24.6 Å². The Morgan fingerprint density at radius 1 is 1.39 bits per heavy atom. The maximum atomic E-state index is 11.7. The maximum Gasteiger partial charge on any atom is 0.252 e. The highest BCUT2D eigenvalue weighted by molar-refractivity contribution is 6.33. The molecule has 0 spiro atoms. The fraction of sp³-hybridized carbons (Fsp3) is 0.417. The van der Waals surface area contributed by atoms with Gasteiger partial charge in [-0.3, -0.25) is 4.79 Å². The average molecular weight is 292 g/mol. The average Bonchev–Trinajstić information content (AvgIpc) is 2.36. The monoisotopic (exact) mass is 291 g/mol. The van der Waals surface area contributed by atoms with Crippen molar-refractivity contribution in [3.63, 3.8) is 0 Å². The third-order valence-electron chi connectivity index (χ3n) is 2.17. The van der Waals surface area contributed by atoms with Crippen molar-refractivity contribution >= 4 is 29.1 Å². The number of hydrogen-bond donors (Lipinski definition) is 2. The van der Waals surface area contributed by atoms with E-state index < -0.39 is 0 Å². The first-order chi connectivity index (χ1) is 8.65. The SMILES string of the molecule is O=C(NCCCOCCCl)c1cc(O)ccc1Cl. The van der Waals surface area contributed by atoms with Crippen LogP contribution in [0, 0.1) is 0 Å². The molecule has 18 heavy (non-hydrogen) atoms. The molecule has 0 aromatic heterocycles. The van der Waals surface area contributed by atoms with Crippen LogP contribution in [0.3, 0.4) is 0 Å². The Bertz CT molecular complexity index is 399. The van der Waals surface area contributed by atoms with Crippen molar-refractivity contribution in [1.29, 1.82) is 0 Å². The van der Waals surface area contributed by atoms with Crippen LogP contribution in [0.2, 0.25) is 5.02 Å². The number of aromatic hydroxyl groups is 1. The predicted octanol–water partition coefficient (Wildman–Crippen LogP) is 2.42. The molecule has 0 aliphatic heterocycles. The molecule has 6 heteroatoms. The standard InChI is InChI=1S/C12H15Cl2NO3/c13-4-7-18-6-1-5-15-12(17)10-8-9(16)2-3-11(10)14/h2-3,8,16H,1,4-7H2,(H,15,17). The van der Waals surface area contributed by atoms with Crippen LogP contribution in [0.1, 0.15) is 16.8 Å². The molecule has 2 N–H and O–H groups in total. The highest BCUT2D eigenvalue weighted by atomic mass is 35.5. The molecule has 0 atom stereocenters. The van der Waals surface area contributed by atoms with Gasteiger partial charge in [-0.15, -0.1) is 11.6 Å². The summed E-state index contributed by atoms with van der Waals surface area (Å²) in [5.41, 5.74) is 0.262. The zero-order chi connectivity index (χ0) is 13.4. The van der Waals surface area contributed by atoms with Crippen LogP contribution in [0.4, 0.5) is 0 Å². The van der Waals surface area contributed by atoms with Gasteiger partial charge in [0.15, 0.2) is 0 Å². The number of rotatable bonds is 7. The van der Waals surface area contributed by atoms with E-state index in [1.54, 1.807) is 0 Å². The summed E-state index contributed by atoms with van der Waals surface area (Å²) in [6, 6.07) is 4.25. The number of halogens is 2. The summed E-state index contributed by atoms with van der Waals surface area (Å²) in [5, 5.41) is 12.3. The molecular formula is C12H15Cl2NO3. The summed E-state index contributed by atoms with van der Waals surface area (Å²) in [6.45, 7) is 1.53. The smallest absolute Gasteiger partial charge is 0.252 e. The lowest BCUT2D eigenvalue weighted by atomic mass is 10.2. The summed E-state index contributed by atoms with van der Waals surface area (Å²) < 4.78 is 5.16. The van der Waals surface area contributed by atoms with Crippen molar-refractivity contribution in [2.45, 2.75) is 6.42 Å². The number of amides is 1. The Morgan fingerprint density at radius 2 is 2.17 bits per heavy atom. The molecule has 0 unspecified atom stereocenters. The van der Waals surface area contributed by atoms with Gasteiger partial charge in [0.25, 0.3) is 5.91 Å². The molecule has 0 aliphatic carbocycles. The van der Waals surface area contributed by atoms with Crippen LogP contribution in [0.25, 0.3) is 0 Å². The molecule has 0 heterocycles. The maximum absolute atomic E-state index is 11.7. The first kappa shape index (κ1) is 15.1. The number of phenolic OH excluding ortho intramolecular Hbond substituents is 1. The van der Waals surface area contributed by atoms with E-state index in [0.29, 0.717) is 37.1 Å². The first-order valence-corrected chi connectivity index (χ1v) is 6.47. The molecule has 100 valence electrons. The van der Waals surface area contributed by atoms with E-state index in [4.69, 9.17) is 27.9 Å². The topological polar surface area (TPSA) is 58.6 Å². The molecule has 0 radical (unpaired) electrons. The van der Waals surface area contributed by atoms with Gasteiger partial charge < -0.3 is 15.2 Å². The minimum absolute atomic E-state index is 0.00926. The van der Waals surface area contributed by atoms with E-state index in [0.717, 1.165) is 0 Å². The van der Waals surface area contributed by atoms with Gasteiger partial charge in [-0.1, -0.05) is 11.6 Å². The van der Waals surface area contributed by atoms with E-state index in [9.17, 15) is 9.90 Å². The molecule has 1 amide bonds. The number of ether oxygens (including phenoxy) is 1. The van der Waals surface area contributed by atoms with Gasteiger partial charge in [0.2, 0.25) is 0 Å². The Balaban J connectivity index is 2.34. The van der Waals surface area contributed by atoms with Crippen LogP contribution >= 0.6 is 23.2 Å². The van der Waals surface area contributed by atoms with E-state index in [1.807, 2.05) is 0 Å². The largest absolute Gasteiger partial charge is 0.508 e. The number of carbonyl (C=O) groups is 1. The number of nitrogens with one attached hydrogen (secondary N) is 1. The Labute approximate surface area is 116 Å². The van der Waals surface area contributed by atoms with Crippen molar-refractivity contribution in [3.8, 4) is 5.75 Å². The van der Waals surface area contributed by atoms with Crippen molar-refractivity contribution in [2.75, 3.05) is 25.6 Å². The summed E-state index contributed by atoms with van der Waals surface area (Å²) >= 11 is 11.3. The first-order valence-electron chi connectivity index (χ1n) is 5.55. The molecule has 0 aliphatic rings. The van der Waals surface area contributed by atoms with Gasteiger partial charge >= 0.3 is 0 Å². The molecular weight excluding hydrogens is 277 g/mol. The van der Waals surface area contributed by atoms with Gasteiger partial charge in [0.1, 0.15) is 5.75 Å². The van der Waals surface area contributed by atoms with E-state index in [-0.39, 0.29) is 17.2 Å². The van der Waals surface area contributed by atoms with Crippen LogP contribution < -0.4 is 5.32 Å². The fourth-order valence-electron chi connectivity index (χ4n) is 1.32. The highest BCUT2D eigenvalue weighted by Gasteiger charge is 2.10. The van der Waals surface area contributed by atoms with Gasteiger partial charge in [-0.2, -0.15) is 0 Å². The lowest BCUT2D eigenvalue weighted by Gasteiger charge is -2.07. The number of carbonyl (C=O) groups excluding carboxylic acids is 1. The zero-order valence-corrected chi connectivity index (χ0v) is 11.3. The van der Waals surface area contributed by atoms with Gasteiger partial charge in [-0.25, -0.2) is 0 Å². The molecule has 0 saturated carbocycles. The van der Waals surface area contributed by atoms with Crippen LogP contribution in [0.5, 0.6) is 5.75 Å². The predicted molar refractivity (Wildman–Crippen MR) is 71.6 cm³/mol. The number of benzene rings is 1.